The molecule has 0 bridgehead atoms. The molecule has 0 heterocycles. The summed E-state index contributed by atoms with van der Waals surface area (Å²) < 4.78 is 13.4. The van der Waals surface area contributed by atoms with Crippen molar-refractivity contribution < 1.29 is 14.3 Å². The SMILES string of the molecule is O=C(O)C1(Cc2c(F)cccc2Cl)CC1. The molecule has 0 radical (unpaired) electrons. The molecule has 1 aromatic carbocycles. The first-order valence-corrected chi connectivity index (χ1v) is 5.09. The maximum Gasteiger partial charge on any atom is 0.309 e. The van der Waals surface area contributed by atoms with E-state index in [9.17, 15) is 9.18 Å². The molecule has 0 atom stereocenters. The number of carboxylic acid groups (broad SMARTS) is 1. The first-order chi connectivity index (χ1) is 7.05. The lowest BCUT2D eigenvalue weighted by Crippen LogP contribution is -2.18. The van der Waals surface area contributed by atoms with Crippen LogP contribution in [0.2, 0.25) is 5.02 Å². The van der Waals surface area contributed by atoms with Gasteiger partial charge < -0.3 is 5.11 Å². The minimum atomic E-state index is -0.859. The fraction of sp³-hybridized carbons (Fsp3) is 0.364. The maximum atomic E-state index is 13.4. The molecule has 0 unspecified atom stereocenters. The average Bonchev–Trinajstić information content (AvgIpc) is 2.93. The standard InChI is InChI=1S/C11H10ClFO2/c12-8-2-1-3-9(13)7(8)6-11(4-5-11)10(14)15/h1-3H,4-6H2,(H,14,15). The normalized spacial score (nSPS) is 17.5. The summed E-state index contributed by atoms with van der Waals surface area (Å²) in [5.74, 6) is -1.28. The van der Waals surface area contributed by atoms with Gasteiger partial charge >= 0.3 is 5.97 Å². The molecular formula is C11H10ClFO2. The minimum Gasteiger partial charge on any atom is -0.481 e. The average molecular weight is 229 g/mol. The summed E-state index contributed by atoms with van der Waals surface area (Å²) in [5, 5.41) is 9.29. The molecule has 1 saturated carbocycles. The van der Waals surface area contributed by atoms with Gasteiger partial charge in [-0.25, -0.2) is 4.39 Å². The van der Waals surface area contributed by atoms with E-state index in [1.54, 1.807) is 6.07 Å². The lowest BCUT2D eigenvalue weighted by Gasteiger charge is -2.11. The number of halogens is 2. The van der Waals surface area contributed by atoms with Gasteiger partial charge in [0.15, 0.2) is 0 Å². The van der Waals surface area contributed by atoms with Crippen molar-refractivity contribution in [1.82, 2.24) is 0 Å². The summed E-state index contributed by atoms with van der Waals surface area (Å²) in [7, 11) is 0. The van der Waals surface area contributed by atoms with Crippen molar-refractivity contribution in [2.45, 2.75) is 19.3 Å². The summed E-state index contributed by atoms with van der Waals surface area (Å²) >= 11 is 5.84. The van der Waals surface area contributed by atoms with Crippen LogP contribution in [0.4, 0.5) is 4.39 Å². The van der Waals surface area contributed by atoms with E-state index in [1.807, 2.05) is 0 Å². The van der Waals surface area contributed by atoms with Gasteiger partial charge in [-0.15, -0.1) is 0 Å². The Hall–Kier alpha value is -1.09. The van der Waals surface area contributed by atoms with Crippen molar-refractivity contribution >= 4 is 17.6 Å². The molecule has 1 aliphatic rings. The first-order valence-electron chi connectivity index (χ1n) is 4.71. The Morgan fingerprint density at radius 1 is 1.53 bits per heavy atom. The van der Waals surface area contributed by atoms with E-state index in [1.165, 1.54) is 12.1 Å². The zero-order chi connectivity index (χ0) is 11.1. The number of carboxylic acids is 1. The van der Waals surface area contributed by atoms with E-state index in [2.05, 4.69) is 0 Å². The Morgan fingerprint density at radius 3 is 2.67 bits per heavy atom. The number of hydrogen-bond acceptors (Lipinski definition) is 1. The molecule has 0 amide bonds. The van der Waals surface area contributed by atoms with Crippen molar-refractivity contribution in [3.8, 4) is 0 Å². The van der Waals surface area contributed by atoms with Crippen LogP contribution in [-0.4, -0.2) is 11.1 Å². The molecule has 1 fully saturated rings. The Bertz CT molecular complexity index is 393. The summed E-state index contributed by atoms with van der Waals surface area (Å²) in [6.07, 6.45) is 1.40. The van der Waals surface area contributed by atoms with Gasteiger partial charge in [-0.05, 0) is 31.4 Å². The summed E-state index contributed by atoms with van der Waals surface area (Å²) in [4.78, 5) is 10.9. The van der Waals surface area contributed by atoms with Crippen molar-refractivity contribution in [2.75, 3.05) is 0 Å². The van der Waals surface area contributed by atoms with Gasteiger partial charge in [-0.3, -0.25) is 4.79 Å². The lowest BCUT2D eigenvalue weighted by atomic mass is 9.96. The highest BCUT2D eigenvalue weighted by atomic mass is 35.5. The third-order valence-electron chi connectivity index (χ3n) is 2.88. The van der Waals surface area contributed by atoms with Gasteiger partial charge in [0.2, 0.25) is 0 Å². The summed E-state index contributed by atoms with van der Waals surface area (Å²) in [6, 6.07) is 4.40. The Balaban J connectivity index is 2.29. The molecule has 0 saturated heterocycles. The van der Waals surface area contributed by atoms with Crippen LogP contribution in [0, 0.1) is 11.2 Å². The molecule has 2 nitrogen and oxygen atoms in total. The van der Waals surface area contributed by atoms with E-state index in [0.29, 0.717) is 23.4 Å². The van der Waals surface area contributed by atoms with Crippen molar-refractivity contribution in [3.05, 3.63) is 34.6 Å². The van der Waals surface area contributed by atoms with Crippen LogP contribution in [0.3, 0.4) is 0 Å². The molecule has 0 aromatic heterocycles. The van der Waals surface area contributed by atoms with Crippen molar-refractivity contribution in [1.29, 1.82) is 0 Å². The van der Waals surface area contributed by atoms with E-state index in [0.717, 1.165) is 0 Å². The number of hydrogen-bond donors (Lipinski definition) is 1. The second kappa shape index (κ2) is 3.49. The molecule has 1 aromatic rings. The van der Waals surface area contributed by atoms with E-state index in [-0.39, 0.29) is 6.42 Å². The Morgan fingerprint density at radius 2 is 2.20 bits per heavy atom. The highest BCUT2D eigenvalue weighted by Gasteiger charge is 2.50. The molecule has 15 heavy (non-hydrogen) atoms. The van der Waals surface area contributed by atoms with Crippen molar-refractivity contribution in [2.24, 2.45) is 5.41 Å². The van der Waals surface area contributed by atoms with Crippen LogP contribution in [0.1, 0.15) is 18.4 Å². The maximum absolute atomic E-state index is 13.4. The molecule has 1 N–H and O–H groups in total. The van der Waals surface area contributed by atoms with Crippen LogP contribution < -0.4 is 0 Å². The minimum absolute atomic E-state index is 0.188. The molecular weight excluding hydrogens is 219 g/mol. The van der Waals surface area contributed by atoms with Gasteiger partial charge in [0.05, 0.1) is 5.41 Å². The van der Waals surface area contributed by atoms with Crippen LogP contribution in [0.15, 0.2) is 18.2 Å². The molecule has 0 aliphatic heterocycles. The highest BCUT2D eigenvalue weighted by Crippen LogP contribution is 2.49. The number of aliphatic carboxylic acids is 1. The van der Waals surface area contributed by atoms with E-state index >= 15 is 0 Å². The lowest BCUT2D eigenvalue weighted by molar-refractivity contribution is -0.143. The van der Waals surface area contributed by atoms with Crippen LogP contribution in [0.5, 0.6) is 0 Å². The fourth-order valence-electron chi connectivity index (χ4n) is 1.66. The monoisotopic (exact) mass is 228 g/mol. The molecule has 1 aliphatic carbocycles. The quantitative estimate of drug-likeness (QED) is 0.864. The van der Waals surface area contributed by atoms with Crippen LogP contribution >= 0.6 is 11.6 Å². The predicted octanol–water partition coefficient (Wildman–Crippen LogP) is 2.89. The van der Waals surface area contributed by atoms with Gasteiger partial charge in [0, 0.05) is 10.6 Å². The third kappa shape index (κ3) is 1.84. The van der Waals surface area contributed by atoms with Crippen LogP contribution in [0.25, 0.3) is 0 Å². The smallest absolute Gasteiger partial charge is 0.309 e. The second-order valence-corrected chi connectivity index (χ2v) is 4.37. The zero-order valence-electron chi connectivity index (χ0n) is 7.96. The van der Waals surface area contributed by atoms with E-state index in [4.69, 9.17) is 16.7 Å². The first kappa shape index (κ1) is 10.4. The van der Waals surface area contributed by atoms with Gasteiger partial charge in [0.1, 0.15) is 5.82 Å². The zero-order valence-corrected chi connectivity index (χ0v) is 8.72. The Labute approximate surface area is 91.7 Å². The fourth-order valence-corrected chi connectivity index (χ4v) is 1.89. The predicted molar refractivity (Wildman–Crippen MR) is 54.4 cm³/mol. The summed E-state index contributed by atoms with van der Waals surface area (Å²) in [5.41, 5.74) is -0.453. The van der Waals surface area contributed by atoms with Crippen molar-refractivity contribution in [3.63, 3.8) is 0 Å². The van der Waals surface area contributed by atoms with Gasteiger partial charge in [0.25, 0.3) is 0 Å². The summed E-state index contributed by atoms with van der Waals surface area (Å²) in [6.45, 7) is 0. The number of benzene rings is 1. The molecule has 80 valence electrons. The van der Waals surface area contributed by atoms with E-state index < -0.39 is 17.2 Å². The molecule has 0 spiro atoms. The highest BCUT2D eigenvalue weighted by molar-refractivity contribution is 6.31. The van der Waals surface area contributed by atoms with Gasteiger partial charge in [-0.1, -0.05) is 17.7 Å². The molecule has 4 heteroatoms. The second-order valence-electron chi connectivity index (χ2n) is 3.96. The largest absolute Gasteiger partial charge is 0.481 e. The third-order valence-corrected chi connectivity index (χ3v) is 3.24. The van der Waals surface area contributed by atoms with Crippen LogP contribution in [-0.2, 0) is 11.2 Å². The van der Waals surface area contributed by atoms with Gasteiger partial charge in [-0.2, -0.15) is 0 Å². The molecule has 2 rings (SSSR count). The number of carbonyl (C=O) groups is 1. The Kier molecular flexibility index (Phi) is 2.43. The number of rotatable bonds is 3. The topological polar surface area (TPSA) is 37.3 Å².